The number of carboxylic acids is 1. The predicted molar refractivity (Wildman–Crippen MR) is 60.8 cm³/mol. The van der Waals surface area contributed by atoms with Gasteiger partial charge in [-0.15, -0.1) is 0 Å². The van der Waals surface area contributed by atoms with Gasteiger partial charge in [-0.1, -0.05) is 13.8 Å². The molecule has 88 valence electrons. The molecule has 0 aliphatic heterocycles. The average molecular weight is 213 g/mol. The van der Waals surface area contributed by atoms with E-state index < -0.39 is 5.97 Å². The second-order valence-corrected chi connectivity index (χ2v) is 5.11. The maximum Gasteiger partial charge on any atom is 0.306 e. The van der Waals surface area contributed by atoms with E-state index >= 15 is 0 Å². The summed E-state index contributed by atoms with van der Waals surface area (Å²) in [5.74, 6) is 0.703. The van der Waals surface area contributed by atoms with Crippen LogP contribution in [0.2, 0.25) is 0 Å². The molecule has 0 aromatic heterocycles. The first-order chi connectivity index (χ1) is 7.09. The Morgan fingerprint density at radius 1 is 1.33 bits per heavy atom. The van der Waals surface area contributed by atoms with Gasteiger partial charge >= 0.3 is 5.97 Å². The van der Waals surface area contributed by atoms with E-state index in [1.54, 1.807) is 0 Å². The molecule has 0 bridgehead atoms. The Hall–Kier alpha value is -0.570. The minimum atomic E-state index is -0.608. The predicted octanol–water partition coefficient (Wildman–Crippen LogP) is 2.12. The van der Waals surface area contributed by atoms with Crippen molar-refractivity contribution in [1.29, 1.82) is 0 Å². The van der Waals surface area contributed by atoms with Gasteiger partial charge in [-0.2, -0.15) is 0 Å². The summed E-state index contributed by atoms with van der Waals surface area (Å²) in [6.45, 7) is 6.53. The smallest absolute Gasteiger partial charge is 0.306 e. The van der Waals surface area contributed by atoms with Crippen LogP contribution < -0.4 is 5.32 Å². The fourth-order valence-corrected chi connectivity index (χ4v) is 2.19. The van der Waals surface area contributed by atoms with Crippen LogP contribution in [0.3, 0.4) is 0 Å². The van der Waals surface area contributed by atoms with Crippen LogP contribution in [0.4, 0.5) is 0 Å². The second kappa shape index (κ2) is 6.11. The normalized spacial score (nSPS) is 26.9. The molecule has 15 heavy (non-hydrogen) atoms. The van der Waals surface area contributed by atoms with Gasteiger partial charge in [-0.3, -0.25) is 4.79 Å². The maximum absolute atomic E-state index is 10.7. The van der Waals surface area contributed by atoms with Crippen molar-refractivity contribution in [2.45, 2.75) is 39.5 Å². The van der Waals surface area contributed by atoms with Gasteiger partial charge in [0.15, 0.2) is 0 Å². The molecule has 0 aromatic carbocycles. The largest absolute Gasteiger partial charge is 0.481 e. The molecule has 0 unspecified atom stereocenters. The molecule has 1 aliphatic carbocycles. The molecule has 0 aromatic rings. The van der Waals surface area contributed by atoms with Gasteiger partial charge in [0.05, 0.1) is 5.92 Å². The Morgan fingerprint density at radius 3 is 2.40 bits per heavy atom. The molecular weight excluding hydrogens is 190 g/mol. The van der Waals surface area contributed by atoms with E-state index in [2.05, 4.69) is 19.2 Å². The lowest BCUT2D eigenvalue weighted by Crippen LogP contribution is -2.30. The van der Waals surface area contributed by atoms with E-state index in [1.807, 2.05) is 0 Å². The number of aliphatic carboxylic acids is 1. The van der Waals surface area contributed by atoms with Crippen LogP contribution in [0.5, 0.6) is 0 Å². The van der Waals surface area contributed by atoms with Crippen LogP contribution in [0, 0.1) is 17.8 Å². The van der Waals surface area contributed by atoms with Crippen molar-refractivity contribution in [2.24, 2.45) is 17.8 Å². The van der Waals surface area contributed by atoms with Crippen molar-refractivity contribution in [3.8, 4) is 0 Å². The summed E-state index contributed by atoms with van der Waals surface area (Å²) >= 11 is 0. The monoisotopic (exact) mass is 213 g/mol. The van der Waals surface area contributed by atoms with Gasteiger partial charge in [0, 0.05) is 0 Å². The first-order valence-corrected chi connectivity index (χ1v) is 6.03. The summed E-state index contributed by atoms with van der Waals surface area (Å²) < 4.78 is 0. The van der Waals surface area contributed by atoms with Gasteiger partial charge in [0.25, 0.3) is 0 Å². The van der Waals surface area contributed by atoms with Crippen LogP contribution in [0.1, 0.15) is 39.5 Å². The zero-order valence-electron chi connectivity index (χ0n) is 9.83. The number of hydrogen-bond acceptors (Lipinski definition) is 2. The summed E-state index contributed by atoms with van der Waals surface area (Å²) in [6, 6.07) is 0. The quantitative estimate of drug-likeness (QED) is 0.735. The van der Waals surface area contributed by atoms with Crippen molar-refractivity contribution in [1.82, 2.24) is 5.32 Å². The van der Waals surface area contributed by atoms with E-state index in [-0.39, 0.29) is 5.92 Å². The van der Waals surface area contributed by atoms with Crippen LogP contribution in [0.25, 0.3) is 0 Å². The summed E-state index contributed by atoms with van der Waals surface area (Å²) in [5, 5.41) is 12.3. The maximum atomic E-state index is 10.7. The SMILES string of the molecule is CC(C)CNCC1CCC(C(=O)O)CC1. The Morgan fingerprint density at radius 2 is 1.93 bits per heavy atom. The van der Waals surface area contributed by atoms with Crippen molar-refractivity contribution in [2.75, 3.05) is 13.1 Å². The number of carbonyl (C=O) groups is 1. The van der Waals surface area contributed by atoms with E-state index in [0.717, 1.165) is 38.8 Å². The Kier molecular flexibility index (Phi) is 5.09. The summed E-state index contributed by atoms with van der Waals surface area (Å²) in [5.41, 5.74) is 0. The molecule has 0 spiro atoms. The van der Waals surface area contributed by atoms with Crippen LogP contribution >= 0.6 is 0 Å². The molecule has 0 amide bonds. The van der Waals surface area contributed by atoms with Crippen molar-refractivity contribution < 1.29 is 9.90 Å². The van der Waals surface area contributed by atoms with Gasteiger partial charge in [-0.25, -0.2) is 0 Å². The molecular formula is C12H23NO2. The molecule has 0 atom stereocenters. The highest BCUT2D eigenvalue weighted by Gasteiger charge is 2.25. The molecule has 0 saturated heterocycles. The topological polar surface area (TPSA) is 49.3 Å². The summed E-state index contributed by atoms with van der Waals surface area (Å²) in [4.78, 5) is 10.7. The van der Waals surface area contributed by atoms with E-state index in [9.17, 15) is 4.79 Å². The first kappa shape index (κ1) is 12.5. The van der Waals surface area contributed by atoms with E-state index in [4.69, 9.17) is 5.11 Å². The average Bonchev–Trinajstić information content (AvgIpc) is 2.18. The third-order valence-corrected chi connectivity index (χ3v) is 3.18. The zero-order valence-corrected chi connectivity index (χ0v) is 9.83. The lowest BCUT2D eigenvalue weighted by atomic mass is 9.82. The molecule has 1 rings (SSSR count). The third kappa shape index (κ3) is 4.65. The molecule has 0 heterocycles. The highest BCUT2D eigenvalue weighted by molar-refractivity contribution is 5.69. The minimum absolute atomic E-state index is 0.0775. The van der Waals surface area contributed by atoms with E-state index in [1.165, 1.54) is 0 Å². The lowest BCUT2D eigenvalue weighted by Gasteiger charge is -2.26. The van der Waals surface area contributed by atoms with Gasteiger partial charge in [-0.05, 0) is 50.6 Å². The standard InChI is InChI=1S/C12H23NO2/c1-9(2)7-13-8-10-3-5-11(6-4-10)12(14)15/h9-11,13H,3-8H2,1-2H3,(H,14,15). The Bertz CT molecular complexity index is 196. The molecule has 3 nitrogen and oxygen atoms in total. The number of carboxylic acid groups (broad SMARTS) is 1. The van der Waals surface area contributed by atoms with Crippen LogP contribution in [-0.2, 0) is 4.79 Å². The molecule has 1 aliphatic rings. The fourth-order valence-electron chi connectivity index (χ4n) is 2.19. The number of rotatable bonds is 5. The number of hydrogen-bond donors (Lipinski definition) is 2. The first-order valence-electron chi connectivity index (χ1n) is 6.03. The highest BCUT2D eigenvalue weighted by Crippen LogP contribution is 2.28. The molecule has 3 heteroatoms. The van der Waals surface area contributed by atoms with Gasteiger partial charge < -0.3 is 10.4 Å². The third-order valence-electron chi connectivity index (χ3n) is 3.18. The Balaban J connectivity index is 2.12. The van der Waals surface area contributed by atoms with Crippen LogP contribution in [0.15, 0.2) is 0 Å². The molecule has 1 fully saturated rings. The van der Waals surface area contributed by atoms with Crippen LogP contribution in [-0.4, -0.2) is 24.2 Å². The van der Waals surface area contributed by atoms with Gasteiger partial charge in [0.1, 0.15) is 0 Å². The van der Waals surface area contributed by atoms with Crippen molar-refractivity contribution in [3.63, 3.8) is 0 Å². The molecule has 2 N–H and O–H groups in total. The minimum Gasteiger partial charge on any atom is -0.481 e. The molecule has 0 radical (unpaired) electrons. The Labute approximate surface area is 92.3 Å². The lowest BCUT2D eigenvalue weighted by molar-refractivity contribution is -0.143. The molecule has 1 saturated carbocycles. The highest BCUT2D eigenvalue weighted by atomic mass is 16.4. The summed E-state index contributed by atoms with van der Waals surface area (Å²) in [7, 11) is 0. The van der Waals surface area contributed by atoms with Crippen molar-refractivity contribution >= 4 is 5.97 Å². The van der Waals surface area contributed by atoms with Gasteiger partial charge in [0.2, 0.25) is 0 Å². The van der Waals surface area contributed by atoms with E-state index in [0.29, 0.717) is 11.8 Å². The summed E-state index contributed by atoms with van der Waals surface area (Å²) in [6.07, 6.45) is 3.87. The van der Waals surface area contributed by atoms with Crippen molar-refractivity contribution in [3.05, 3.63) is 0 Å². The zero-order chi connectivity index (χ0) is 11.3. The second-order valence-electron chi connectivity index (χ2n) is 5.11. The fraction of sp³-hybridized carbons (Fsp3) is 0.917. The number of nitrogens with one attached hydrogen (secondary N) is 1.